The van der Waals surface area contributed by atoms with Gasteiger partial charge >= 0.3 is 0 Å². The number of benzene rings is 1. The predicted molar refractivity (Wildman–Crippen MR) is 79.3 cm³/mol. The normalized spacial score (nSPS) is 11.3. The Bertz CT molecular complexity index is 718. The SMILES string of the molecule is Cc1nc(Br)ccc1NS(=O)(=O)Cc1ccc(F)cc1. The fourth-order valence-corrected chi connectivity index (χ4v) is 3.29. The number of aryl methyl sites for hydroxylation is 1. The third-order valence-corrected chi connectivity index (χ3v) is 4.27. The van der Waals surface area contributed by atoms with Gasteiger partial charge < -0.3 is 0 Å². The van der Waals surface area contributed by atoms with Crippen LogP contribution < -0.4 is 4.72 Å². The average Bonchev–Trinajstić information content (AvgIpc) is 2.35. The van der Waals surface area contributed by atoms with Gasteiger partial charge in [0.1, 0.15) is 10.4 Å². The fourth-order valence-electron chi connectivity index (χ4n) is 1.64. The summed E-state index contributed by atoms with van der Waals surface area (Å²) in [6.07, 6.45) is 0. The lowest BCUT2D eigenvalue weighted by atomic mass is 10.2. The van der Waals surface area contributed by atoms with Crippen LogP contribution in [0.4, 0.5) is 10.1 Å². The molecule has 2 aromatic rings. The number of aromatic nitrogens is 1. The molecule has 1 aromatic carbocycles. The minimum Gasteiger partial charge on any atom is -0.281 e. The number of rotatable bonds is 4. The van der Waals surface area contributed by atoms with Crippen molar-refractivity contribution in [3.05, 3.63) is 58.1 Å². The molecule has 7 heteroatoms. The summed E-state index contributed by atoms with van der Waals surface area (Å²) in [4.78, 5) is 4.12. The summed E-state index contributed by atoms with van der Waals surface area (Å²) in [7, 11) is -3.56. The van der Waals surface area contributed by atoms with Crippen LogP contribution in [0.15, 0.2) is 41.0 Å². The van der Waals surface area contributed by atoms with Gasteiger partial charge in [0.25, 0.3) is 0 Å². The number of hydrogen-bond acceptors (Lipinski definition) is 3. The van der Waals surface area contributed by atoms with Gasteiger partial charge in [0, 0.05) is 0 Å². The molecule has 0 radical (unpaired) electrons. The first-order valence-corrected chi connectivity index (χ1v) is 8.18. The molecule has 1 aromatic heterocycles. The Morgan fingerprint density at radius 3 is 2.45 bits per heavy atom. The van der Waals surface area contributed by atoms with Crippen LogP contribution in [-0.4, -0.2) is 13.4 Å². The number of anilines is 1. The second-order valence-electron chi connectivity index (χ2n) is 4.25. The lowest BCUT2D eigenvalue weighted by Crippen LogP contribution is -2.16. The summed E-state index contributed by atoms with van der Waals surface area (Å²) in [6, 6.07) is 8.65. The fraction of sp³-hybridized carbons (Fsp3) is 0.154. The zero-order chi connectivity index (χ0) is 14.8. The molecule has 0 aliphatic heterocycles. The maximum atomic E-state index is 12.8. The minimum absolute atomic E-state index is 0.219. The van der Waals surface area contributed by atoms with Gasteiger partial charge in [-0.3, -0.25) is 4.72 Å². The van der Waals surface area contributed by atoms with Crippen molar-refractivity contribution in [2.24, 2.45) is 0 Å². The van der Waals surface area contributed by atoms with Crippen LogP contribution in [0.1, 0.15) is 11.3 Å². The first-order valence-electron chi connectivity index (χ1n) is 5.74. The monoisotopic (exact) mass is 358 g/mol. The molecule has 0 unspecified atom stereocenters. The first kappa shape index (κ1) is 14.9. The Morgan fingerprint density at radius 1 is 1.20 bits per heavy atom. The molecule has 1 heterocycles. The average molecular weight is 359 g/mol. The summed E-state index contributed by atoms with van der Waals surface area (Å²) in [5.41, 5.74) is 1.51. The van der Waals surface area contributed by atoms with Gasteiger partial charge in [0.05, 0.1) is 17.1 Å². The highest BCUT2D eigenvalue weighted by Gasteiger charge is 2.13. The van der Waals surface area contributed by atoms with E-state index in [-0.39, 0.29) is 5.75 Å². The molecule has 0 fully saturated rings. The second-order valence-corrected chi connectivity index (χ2v) is 6.79. The van der Waals surface area contributed by atoms with E-state index in [1.807, 2.05) is 0 Å². The molecule has 20 heavy (non-hydrogen) atoms. The summed E-state index contributed by atoms with van der Waals surface area (Å²) >= 11 is 3.21. The van der Waals surface area contributed by atoms with E-state index in [2.05, 4.69) is 25.6 Å². The number of sulfonamides is 1. The van der Waals surface area contributed by atoms with Gasteiger partial charge in [0.2, 0.25) is 10.0 Å². The summed E-state index contributed by atoms with van der Waals surface area (Å²) < 4.78 is 40.0. The van der Waals surface area contributed by atoms with E-state index in [1.54, 1.807) is 19.1 Å². The molecule has 0 atom stereocenters. The van der Waals surface area contributed by atoms with E-state index in [1.165, 1.54) is 24.3 Å². The molecule has 0 saturated heterocycles. The third kappa shape index (κ3) is 4.01. The van der Waals surface area contributed by atoms with Gasteiger partial charge in [0.15, 0.2) is 0 Å². The summed E-state index contributed by atoms with van der Waals surface area (Å²) in [5, 5.41) is 0. The zero-order valence-electron chi connectivity index (χ0n) is 10.6. The Morgan fingerprint density at radius 2 is 1.85 bits per heavy atom. The maximum Gasteiger partial charge on any atom is 0.236 e. The van der Waals surface area contributed by atoms with Crippen molar-refractivity contribution in [2.75, 3.05) is 4.72 Å². The van der Waals surface area contributed by atoms with Crippen molar-refractivity contribution in [3.63, 3.8) is 0 Å². The Labute approximate surface area is 125 Å². The Balaban J connectivity index is 2.17. The van der Waals surface area contributed by atoms with Crippen LogP contribution >= 0.6 is 15.9 Å². The number of halogens is 2. The number of pyridine rings is 1. The van der Waals surface area contributed by atoms with Gasteiger partial charge in [-0.1, -0.05) is 12.1 Å². The van der Waals surface area contributed by atoms with Gasteiger partial charge in [-0.25, -0.2) is 17.8 Å². The number of hydrogen-bond donors (Lipinski definition) is 1. The van der Waals surface area contributed by atoms with E-state index in [4.69, 9.17) is 0 Å². The van der Waals surface area contributed by atoms with Crippen molar-refractivity contribution in [1.29, 1.82) is 0 Å². The molecule has 0 aliphatic carbocycles. The molecule has 2 rings (SSSR count). The van der Waals surface area contributed by atoms with Crippen LogP contribution in [0.5, 0.6) is 0 Å². The smallest absolute Gasteiger partial charge is 0.236 e. The first-order chi connectivity index (χ1) is 9.35. The standard InChI is InChI=1S/C13H12BrFN2O2S/c1-9-12(6-7-13(14)16-9)17-20(18,19)8-10-2-4-11(15)5-3-10/h2-7,17H,8H2,1H3. The Kier molecular flexibility index (Phi) is 4.39. The maximum absolute atomic E-state index is 12.8. The Hall–Kier alpha value is -1.47. The third-order valence-electron chi connectivity index (χ3n) is 2.59. The van der Waals surface area contributed by atoms with E-state index >= 15 is 0 Å². The van der Waals surface area contributed by atoms with E-state index in [0.29, 0.717) is 21.5 Å². The molecular weight excluding hydrogens is 347 g/mol. The van der Waals surface area contributed by atoms with Crippen LogP contribution in [0.25, 0.3) is 0 Å². The largest absolute Gasteiger partial charge is 0.281 e. The zero-order valence-corrected chi connectivity index (χ0v) is 13.0. The molecule has 0 bridgehead atoms. The van der Waals surface area contributed by atoms with E-state index < -0.39 is 15.8 Å². The molecule has 0 aliphatic rings. The van der Waals surface area contributed by atoms with Gasteiger partial charge in [-0.05, 0) is 52.7 Å². The lowest BCUT2D eigenvalue weighted by molar-refractivity contribution is 0.599. The predicted octanol–water partition coefficient (Wildman–Crippen LogP) is 3.23. The molecule has 0 saturated carbocycles. The quantitative estimate of drug-likeness (QED) is 0.853. The van der Waals surface area contributed by atoms with E-state index in [9.17, 15) is 12.8 Å². The number of nitrogens with one attached hydrogen (secondary N) is 1. The molecular formula is C13H12BrFN2O2S. The summed E-state index contributed by atoms with van der Waals surface area (Å²) in [5.74, 6) is -0.616. The number of nitrogens with zero attached hydrogens (tertiary/aromatic N) is 1. The van der Waals surface area contributed by atoms with Crippen LogP contribution in [0.2, 0.25) is 0 Å². The summed E-state index contributed by atoms with van der Waals surface area (Å²) in [6.45, 7) is 1.71. The molecule has 4 nitrogen and oxygen atoms in total. The van der Waals surface area contributed by atoms with E-state index in [0.717, 1.165) is 0 Å². The highest BCUT2D eigenvalue weighted by molar-refractivity contribution is 9.10. The van der Waals surface area contributed by atoms with Gasteiger partial charge in [-0.15, -0.1) is 0 Å². The minimum atomic E-state index is -3.56. The van der Waals surface area contributed by atoms with Crippen LogP contribution in [-0.2, 0) is 15.8 Å². The second kappa shape index (κ2) is 5.88. The van der Waals surface area contributed by atoms with Crippen molar-refractivity contribution >= 4 is 31.6 Å². The lowest BCUT2D eigenvalue weighted by Gasteiger charge is -2.10. The molecule has 0 amide bonds. The highest BCUT2D eigenvalue weighted by atomic mass is 79.9. The topological polar surface area (TPSA) is 59.1 Å². The van der Waals surface area contributed by atoms with Crippen LogP contribution in [0, 0.1) is 12.7 Å². The molecule has 0 spiro atoms. The molecule has 1 N–H and O–H groups in total. The van der Waals surface area contributed by atoms with Crippen molar-refractivity contribution in [1.82, 2.24) is 4.98 Å². The van der Waals surface area contributed by atoms with Crippen LogP contribution in [0.3, 0.4) is 0 Å². The van der Waals surface area contributed by atoms with Crippen molar-refractivity contribution in [2.45, 2.75) is 12.7 Å². The van der Waals surface area contributed by atoms with Gasteiger partial charge in [-0.2, -0.15) is 0 Å². The molecule has 106 valence electrons. The highest BCUT2D eigenvalue weighted by Crippen LogP contribution is 2.18. The van der Waals surface area contributed by atoms with Crippen molar-refractivity contribution < 1.29 is 12.8 Å². The van der Waals surface area contributed by atoms with Crippen molar-refractivity contribution in [3.8, 4) is 0 Å².